The van der Waals surface area contributed by atoms with Crippen molar-refractivity contribution in [1.29, 1.82) is 0 Å². The van der Waals surface area contributed by atoms with Crippen LogP contribution in [0.3, 0.4) is 0 Å². The number of nitrogens with zero attached hydrogens (tertiary/aromatic N) is 1. The van der Waals surface area contributed by atoms with E-state index in [1.165, 1.54) is 0 Å². The number of hydrogen-bond donors (Lipinski definition) is 0. The topological polar surface area (TPSA) is 63.7 Å². The van der Waals surface area contributed by atoms with Crippen LogP contribution in [0, 0.1) is 5.92 Å². The van der Waals surface area contributed by atoms with Gasteiger partial charge in [0.15, 0.2) is 6.73 Å². The highest BCUT2D eigenvalue weighted by Crippen LogP contribution is 2.26. The molecule has 5 heteroatoms. The Morgan fingerprint density at radius 1 is 1.10 bits per heavy atom. The van der Waals surface area contributed by atoms with Crippen LogP contribution in [-0.4, -0.2) is 29.4 Å². The quantitative estimate of drug-likeness (QED) is 0.624. The molecule has 5 nitrogen and oxygen atoms in total. The number of amides is 2. The molecule has 104 valence electrons. The Hall–Kier alpha value is -2.17. The van der Waals surface area contributed by atoms with Crippen LogP contribution in [0.1, 0.15) is 46.4 Å². The van der Waals surface area contributed by atoms with Gasteiger partial charge in [-0.1, -0.05) is 25.0 Å². The van der Waals surface area contributed by atoms with Gasteiger partial charge in [-0.25, -0.2) is 4.90 Å². The minimum absolute atomic E-state index is 0.0785. The van der Waals surface area contributed by atoms with Crippen molar-refractivity contribution in [2.75, 3.05) is 6.73 Å². The Balaban J connectivity index is 1.66. The monoisotopic (exact) mass is 273 g/mol. The fourth-order valence-electron chi connectivity index (χ4n) is 2.76. The first-order chi connectivity index (χ1) is 9.68. The van der Waals surface area contributed by atoms with E-state index in [2.05, 4.69) is 0 Å². The molecule has 0 bridgehead atoms. The average molecular weight is 273 g/mol. The smallest absolute Gasteiger partial charge is 0.310 e. The van der Waals surface area contributed by atoms with Crippen molar-refractivity contribution in [2.24, 2.45) is 5.92 Å². The minimum Gasteiger partial charge on any atom is -0.443 e. The van der Waals surface area contributed by atoms with E-state index in [0.717, 1.165) is 30.6 Å². The molecular weight excluding hydrogens is 258 g/mol. The molecule has 0 spiro atoms. The summed E-state index contributed by atoms with van der Waals surface area (Å²) in [6.45, 7) is -0.290. The second kappa shape index (κ2) is 5.07. The van der Waals surface area contributed by atoms with Gasteiger partial charge in [-0.05, 0) is 25.0 Å². The fourth-order valence-corrected chi connectivity index (χ4v) is 2.76. The maximum Gasteiger partial charge on any atom is 0.310 e. The molecule has 1 aromatic carbocycles. The molecule has 1 heterocycles. The van der Waals surface area contributed by atoms with Gasteiger partial charge in [0.2, 0.25) is 0 Å². The SMILES string of the molecule is O=C(OCN1C(=O)c2ccccc2C1=O)C1CCCC1. The number of esters is 1. The van der Waals surface area contributed by atoms with Crippen molar-refractivity contribution in [3.05, 3.63) is 35.4 Å². The fraction of sp³-hybridized carbons (Fsp3) is 0.400. The van der Waals surface area contributed by atoms with Gasteiger partial charge in [-0.2, -0.15) is 0 Å². The van der Waals surface area contributed by atoms with Crippen LogP contribution in [0.15, 0.2) is 24.3 Å². The first-order valence-corrected chi connectivity index (χ1v) is 6.80. The molecule has 3 rings (SSSR count). The lowest BCUT2D eigenvalue weighted by atomic mass is 10.1. The van der Waals surface area contributed by atoms with Crippen LogP contribution in [0.2, 0.25) is 0 Å². The first kappa shape index (κ1) is 12.8. The minimum atomic E-state index is -0.398. The third kappa shape index (κ3) is 2.09. The van der Waals surface area contributed by atoms with Crippen molar-refractivity contribution in [1.82, 2.24) is 4.90 Å². The number of carbonyl (C=O) groups excluding carboxylic acids is 3. The Labute approximate surface area is 116 Å². The van der Waals surface area contributed by atoms with Gasteiger partial charge in [-0.3, -0.25) is 14.4 Å². The van der Waals surface area contributed by atoms with Gasteiger partial charge in [-0.15, -0.1) is 0 Å². The van der Waals surface area contributed by atoms with E-state index in [0.29, 0.717) is 11.1 Å². The maximum absolute atomic E-state index is 12.1. The molecule has 1 saturated carbocycles. The zero-order chi connectivity index (χ0) is 14.1. The predicted molar refractivity (Wildman–Crippen MR) is 69.9 cm³/mol. The van der Waals surface area contributed by atoms with Gasteiger partial charge < -0.3 is 4.74 Å². The molecule has 2 amide bonds. The molecule has 0 N–H and O–H groups in total. The van der Waals surface area contributed by atoms with E-state index in [4.69, 9.17) is 4.74 Å². The van der Waals surface area contributed by atoms with E-state index in [-0.39, 0.29) is 18.6 Å². The number of ether oxygens (including phenoxy) is 1. The summed E-state index contributed by atoms with van der Waals surface area (Å²) in [5, 5.41) is 0. The molecule has 2 aliphatic rings. The molecule has 20 heavy (non-hydrogen) atoms. The van der Waals surface area contributed by atoms with Crippen molar-refractivity contribution in [2.45, 2.75) is 25.7 Å². The summed E-state index contributed by atoms with van der Waals surface area (Å²) in [4.78, 5) is 36.9. The highest BCUT2D eigenvalue weighted by Gasteiger charge is 2.36. The molecule has 0 unspecified atom stereocenters. The summed E-state index contributed by atoms with van der Waals surface area (Å²) in [6, 6.07) is 6.62. The lowest BCUT2D eigenvalue weighted by molar-refractivity contribution is -0.150. The van der Waals surface area contributed by atoms with Crippen molar-refractivity contribution < 1.29 is 19.1 Å². The summed E-state index contributed by atoms with van der Waals surface area (Å²) < 4.78 is 5.13. The molecular formula is C15H15NO4. The summed E-state index contributed by atoms with van der Waals surface area (Å²) >= 11 is 0. The highest BCUT2D eigenvalue weighted by atomic mass is 16.5. The van der Waals surface area contributed by atoms with Gasteiger partial charge in [0.05, 0.1) is 17.0 Å². The Morgan fingerprint density at radius 2 is 1.65 bits per heavy atom. The second-order valence-electron chi connectivity index (χ2n) is 5.16. The largest absolute Gasteiger partial charge is 0.443 e. The molecule has 1 fully saturated rings. The average Bonchev–Trinajstić information content (AvgIpc) is 3.07. The van der Waals surface area contributed by atoms with Crippen LogP contribution in [-0.2, 0) is 9.53 Å². The van der Waals surface area contributed by atoms with Gasteiger partial charge in [0.25, 0.3) is 11.8 Å². The number of imide groups is 1. The number of fused-ring (bicyclic) bond motifs is 1. The summed E-state index contributed by atoms with van der Waals surface area (Å²) in [5.41, 5.74) is 0.740. The van der Waals surface area contributed by atoms with E-state index in [1.807, 2.05) is 0 Å². The van der Waals surface area contributed by atoms with Gasteiger partial charge >= 0.3 is 5.97 Å². The van der Waals surface area contributed by atoms with E-state index >= 15 is 0 Å². The number of hydrogen-bond acceptors (Lipinski definition) is 4. The zero-order valence-corrected chi connectivity index (χ0v) is 11.0. The van der Waals surface area contributed by atoms with Gasteiger partial charge in [0, 0.05) is 0 Å². The van der Waals surface area contributed by atoms with Crippen molar-refractivity contribution in [3.8, 4) is 0 Å². The molecule has 0 saturated heterocycles. The summed E-state index contributed by atoms with van der Waals surface area (Å²) in [7, 11) is 0. The standard InChI is InChI=1S/C15H15NO4/c17-13-11-7-3-4-8-12(11)14(18)16(13)9-20-15(19)10-5-1-2-6-10/h3-4,7-8,10H,1-2,5-6,9H2. The van der Waals surface area contributed by atoms with Crippen LogP contribution in [0.5, 0.6) is 0 Å². The van der Waals surface area contributed by atoms with Gasteiger partial charge in [0.1, 0.15) is 0 Å². The van der Waals surface area contributed by atoms with Crippen molar-refractivity contribution in [3.63, 3.8) is 0 Å². The molecule has 0 radical (unpaired) electrons. The van der Waals surface area contributed by atoms with E-state index in [1.54, 1.807) is 24.3 Å². The third-order valence-electron chi connectivity index (χ3n) is 3.90. The Bertz CT molecular complexity index is 540. The Morgan fingerprint density at radius 3 is 2.20 bits per heavy atom. The lowest BCUT2D eigenvalue weighted by Gasteiger charge is -2.15. The maximum atomic E-state index is 12.1. The molecule has 0 aromatic heterocycles. The van der Waals surface area contributed by atoms with E-state index in [9.17, 15) is 14.4 Å². The normalized spacial score (nSPS) is 18.5. The first-order valence-electron chi connectivity index (χ1n) is 6.80. The summed E-state index contributed by atoms with van der Waals surface area (Å²) in [6.07, 6.45) is 3.74. The second-order valence-corrected chi connectivity index (χ2v) is 5.16. The van der Waals surface area contributed by atoms with Crippen molar-refractivity contribution >= 4 is 17.8 Å². The number of rotatable bonds is 3. The molecule has 1 aromatic rings. The third-order valence-corrected chi connectivity index (χ3v) is 3.90. The highest BCUT2D eigenvalue weighted by molar-refractivity contribution is 6.21. The van der Waals surface area contributed by atoms with Crippen LogP contribution in [0.4, 0.5) is 0 Å². The van der Waals surface area contributed by atoms with Crippen LogP contribution >= 0.6 is 0 Å². The lowest BCUT2D eigenvalue weighted by Crippen LogP contribution is -2.34. The molecule has 1 aliphatic carbocycles. The summed E-state index contributed by atoms with van der Waals surface area (Å²) in [5.74, 6) is -1.18. The van der Waals surface area contributed by atoms with E-state index < -0.39 is 11.8 Å². The molecule has 1 aliphatic heterocycles. The predicted octanol–water partition coefficient (Wildman–Crippen LogP) is 1.97. The molecule has 0 atom stereocenters. The zero-order valence-electron chi connectivity index (χ0n) is 11.0. The number of benzene rings is 1. The number of carbonyl (C=O) groups is 3. The van der Waals surface area contributed by atoms with Crippen LogP contribution in [0.25, 0.3) is 0 Å². The Kier molecular flexibility index (Phi) is 3.26. The van der Waals surface area contributed by atoms with Crippen LogP contribution < -0.4 is 0 Å².